The van der Waals surface area contributed by atoms with Crippen molar-refractivity contribution in [2.75, 3.05) is 38.5 Å². The second-order valence-corrected chi connectivity index (χ2v) is 6.20. The van der Waals surface area contributed by atoms with Crippen LogP contribution >= 0.6 is 15.9 Å². The predicted octanol–water partition coefficient (Wildman–Crippen LogP) is 1.60. The molecule has 23 heavy (non-hydrogen) atoms. The fraction of sp³-hybridized carbons (Fsp3) is 0.500. The summed E-state index contributed by atoms with van der Waals surface area (Å²) in [6, 6.07) is 2.92. The minimum atomic E-state index is -4.41. The first kappa shape index (κ1) is 18.0. The molecule has 1 aliphatic rings. The van der Waals surface area contributed by atoms with Crippen molar-refractivity contribution in [1.29, 1.82) is 0 Å². The summed E-state index contributed by atoms with van der Waals surface area (Å²) >= 11 is 3.21. The summed E-state index contributed by atoms with van der Waals surface area (Å²) in [7, 11) is 0. The van der Waals surface area contributed by atoms with E-state index in [-0.39, 0.29) is 11.3 Å². The Morgan fingerprint density at radius 3 is 2.61 bits per heavy atom. The Balaban J connectivity index is 2.04. The van der Waals surface area contributed by atoms with Crippen molar-refractivity contribution >= 4 is 27.5 Å². The minimum absolute atomic E-state index is 0.162. The average Bonchev–Trinajstić information content (AvgIpc) is 2.47. The molecule has 128 valence electrons. The lowest BCUT2D eigenvalue weighted by Gasteiger charge is -2.35. The van der Waals surface area contributed by atoms with Crippen molar-refractivity contribution in [1.82, 2.24) is 15.5 Å². The van der Waals surface area contributed by atoms with Gasteiger partial charge in [0, 0.05) is 42.9 Å². The fourth-order valence-electron chi connectivity index (χ4n) is 2.47. The monoisotopic (exact) mass is 394 g/mol. The van der Waals surface area contributed by atoms with Crippen molar-refractivity contribution in [2.45, 2.75) is 12.2 Å². The zero-order chi connectivity index (χ0) is 17.0. The number of rotatable bonds is 4. The lowest BCUT2D eigenvalue weighted by molar-refractivity contribution is -0.183. The maximum Gasteiger partial charge on any atom is 0.405 e. The Morgan fingerprint density at radius 2 is 2.04 bits per heavy atom. The van der Waals surface area contributed by atoms with E-state index in [1.54, 1.807) is 6.07 Å². The third-order valence-corrected chi connectivity index (χ3v) is 4.18. The summed E-state index contributed by atoms with van der Waals surface area (Å²) in [5, 5.41) is 5.35. The number of halogens is 4. The van der Waals surface area contributed by atoms with E-state index in [1.807, 2.05) is 0 Å². The Hall–Kier alpha value is -1.32. The first-order chi connectivity index (χ1) is 10.8. The standard InChI is InChI=1S/C14H18BrF3N4O/c15-9-1-2-10(11(19)7-9)13(23)21-8-12(14(16,17)18)22-5-3-20-4-6-22/h1-2,7,12,20H,3-6,8,19H2,(H,21,23). The van der Waals surface area contributed by atoms with E-state index in [9.17, 15) is 18.0 Å². The molecule has 0 radical (unpaired) electrons. The van der Waals surface area contributed by atoms with Gasteiger partial charge in [-0.15, -0.1) is 0 Å². The molecule has 1 aromatic rings. The van der Waals surface area contributed by atoms with Gasteiger partial charge >= 0.3 is 6.18 Å². The zero-order valence-corrected chi connectivity index (χ0v) is 13.9. The van der Waals surface area contributed by atoms with Crippen LogP contribution < -0.4 is 16.4 Å². The van der Waals surface area contributed by atoms with Gasteiger partial charge in [0.1, 0.15) is 6.04 Å². The first-order valence-electron chi connectivity index (χ1n) is 7.14. The smallest absolute Gasteiger partial charge is 0.398 e. The van der Waals surface area contributed by atoms with E-state index in [0.29, 0.717) is 30.7 Å². The number of anilines is 1. The van der Waals surface area contributed by atoms with Gasteiger partial charge in [0.15, 0.2) is 0 Å². The molecule has 0 bridgehead atoms. The van der Waals surface area contributed by atoms with Gasteiger partial charge in [-0.2, -0.15) is 13.2 Å². The predicted molar refractivity (Wildman–Crippen MR) is 85.2 cm³/mol. The molecule has 1 amide bonds. The Kier molecular flexibility index (Phi) is 5.88. The summed E-state index contributed by atoms with van der Waals surface area (Å²) in [4.78, 5) is 13.4. The summed E-state index contributed by atoms with van der Waals surface area (Å²) in [5.74, 6) is -0.612. The molecule has 1 fully saturated rings. The molecule has 1 heterocycles. The number of alkyl halides is 3. The van der Waals surface area contributed by atoms with Crippen LogP contribution in [0.25, 0.3) is 0 Å². The Labute approximate surface area is 140 Å². The van der Waals surface area contributed by atoms with E-state index in [4.69, 9.17) is 5.73 Å². The average molecular weight is 395 g/mol. The summed E-state index contributed by atoms with van der Waals surface area (Å²) in [6.07, 6.45) is -4.41. The number of piperazine rings is 1. The molecular formula is C14H18BrF3N4O. The van der Waals surface area contributed by atoms with Gasteiger partial charge in [0.2, 0.25) is 0 Å². The summed E-state index contributed by atoms with van der Waals surface area (Å²) in [6.45, 7) is 1.08. The number of nitrogens with two attached hydrogens (primary N) is 1. The van der Waals surface area contributed by atoms with Gasteiger partial charge in [-0.1, -0.05) is 15.9 Å². The van der Waals surface area contributed by atoms with E-state index in [0.717, 1.165) is 0 Å². The first-order valence-corrected chi connectivity index (χ1v) is 7.93. The number of nitrogens with one attached hydrogen (secondary N) is 2. The van der Waals surface area contributed by atoms with Crippen LogP contribution in [0, 0.1) is 0 Å². The lowest BCUT2D eigenvalue weighted by Crippen LogP contribution is -2.57. The van der Waals surface area contributed by atoms with Gasteiger partial charge in [0.25, 0.3) is 5.91 Å². The van der Waals surface area contributed by atoms with Crippen LogP contribution in [0.1, 0.15) is 10.4 Å². The molecule has 0 aromatic heterocycles. The quantitative estimate of drug-likeness (QED) is 0.678. The third kappa shape index (κ3) is 4.82. The van der Waals surface area contributed by atoms with E-state index < -0.39 is 24.7 Å². The minimum Gasteiger partial charge on any atom is -0.398 e. The molecule has 1 saturated heterocycles. The van der Waals surface area contributed by atoms with Gasteiger partial charge < -0.3 is 16.4 Å². The van der Waals surface area contributed by atoms with Crippen LogP contribution in [0.5, 0.6) is 0 Å². The number of carbonyl (C=O) groups excluding carboxylic acids is 1. The van der Waals surface area contributed by atoms with Crippen molar-refractivity contribution < 1.29 is 18.0 Å². The molecule has 9 heteroatoms. The molecule has 2 rings (SSSR count). The highest BCUT2D eigenvalue weighted by atomic mass is 79.9. The summed E-state index contributed by atoms with van der Waals surface area (Å²) in [5.41, 5.74) is 6.10. The molecule has 0 saturated carbocycles. The molecular weight excluding hydrogens is 377 g/mol. The molecule has 1 aliphatic heterocycles. The highest BCUT2D eigenvalue weighted by Gasteiger charge is 2.43. The van der Waals surface area contributed by atoms with Crippen LogP contribution in [0.4, 0.5) is 18.9 Å². The van der Waals surface area contributed by atoms with E-state index in [2.05, 4.69) is 26.6 Å². The molecule has 1 aromatic carbocycles. The number of benzene rings is 1. The number of nitrogens with zero attached hydrogens (tertiary/aromatic N) is 1. The second kappa shape index (κ2) is 7.50. The van der Waals surface area contributed by atoms with Gasteiger partial charge in [0.05, 0.1) is 5.56 Å². The largest absolute Gasteiger partial charge is 0.405 e. The second-order valence-electron chi connectivity index (χ2n) is 5.28. The van der Waals surface area contributed by atoms with Crippen LogP contribution in [0.15, 0.2) is 22.7 Å². The lowest BCUT2D eigenvalue weighted by atomic mass is 10.1. The molecule has 5 nitrogen and oxygen atoms in total. The van der Waals surface area contributed by atoms with Crippen LogP contribution in [-0.2, 0) is 0 Å². The molecule has 1 unspecified atom stereocenters. The Morgan fingerprint density at radius 1 is 1.39 bits per heavy atom. The zero-order valence-electron chi connectivity index (χ0n) is 12.3. The highest BCUT2D eigenvalue weighted by molar-refractivity contribution is 9.10. The SMILES string of the molecule is Nc1cc(Br)ccc1C(=O)NCC(N1CCNCC1)C(F)(F)F. The van der Waals surface area contributed by atoms with Gasteiger partial charge in [-0.05, 0) is 18.2 Å². The Bertz CT molecular complexity index is 561. The third-order valence-electron chi connectivity index (χ3n) is 3.68. The van der Waals surface area contributed by atoms with Crippen molar-refractivity contribution in [2.24, 2.45) is 0 Å². The van der Waals surface area contributed by atoms with Gasteiger partial charge in [-0.3, -0.25) is 9.69 Å². The van der Waals surface area contributed by atoms with Crippen LogP contribution in [-0.4, -0.2) is 55.7 Å². The van der Waals surface area contributed by atoms with Crippen molar-refractivity contribution in [3.8, 4) is 0 Å². The number of hydrogen-bond donors (Lipinski definition) is 3. The summed E-state index contributed by atoms with van der Waals surface area (Å²) < 4.78 is 40.4. The molecule has 1 atom stereocenters. The molecule has 4 N–H and O–H groups in total. The van der Waals surface area contributed by atoms with E-state index >= 15 is 0 Å². The number of amides is 1. The van der Waals surface area contributed by atoms with Crippen molar-refractivity contribution in [3.63, 3.8) is 0 Å². The highest BCUT2D eigenvalue weighted by Crippen LogP contribution is 2.25. The molecule has 0 spiro atoms. The van der Waals surface area contributed by atoms with Crippen LogP contribution in [0.2, 0.25) is 0 Å². The van der Waals surface area contributed by atoms with Crippen molar-refractivity contribution in [3.05, 3.63) is 28.2 Å². The van der Waals surface area contributed by atoms with E-state index in [1.165, 1.54) is 17.0 Å². The maximum absolute atomic E-state index is 13.2. The number of carbonyl (C=O) groups is 1. The molecule has 0 aliphatic carbocycles. The normalized spacial score (nSPS) is 17.7. The number of nitrogen functional groups attached to an aromatic ring is 1. The maximum atomic E-state index is 13.2. The fourth-order valence-corrected chi connectivity index (χ4v) is 2.85. The van der Waals surface area contributed by atoms with Crippen LogP contribution in [0.3, 0.4) is 0 Å². The number of hydrogen-bond acceptors (Lipinski definition) is 4. The topological polar surface area (TPSA) is 70.4 Å². The van der Waals surface area contributed by atoms with Gasteiger partial charge in [-0.25, -0.2) is 0 Å².